The van der Waals surface area contributed by atoms with E-state index >= 15 is 0 Å². The van der Waals surface area contributed by atoms with Crippen LogP contribution >= 0.6 is 0 Å². The summed E-state index contributed by atoms with van der Waals surface area (Å²) in [7, 11) is -4.32. The summed E-state index contributed by atoms with van der Waals surface area (Å²) in [5, 5.41) is 0. The molecule has 0 aliphatic carbocycles. The predicted molar refractivity (Wildman–Crippen MR) is 29.0 cm³/mol. The van der Waals surface area contributed by atoms with Crippen LogP contribution in [0.4, 0.5) is 8.78 Å². The van der Waals surface area contributed by atoms with Crippen LogP contribution in [0.2, 0.25) is 0 Å². The van der Waals surface area contributed by atoms with E-state index < -0.39 is 28.1 Å². The first-order valence-corrected chi connectivity index (χ1v) is 3.89. The van der Waals surface area contributed by atoms with Crippen LogP contribution in [0.25, 0.3) is 0 Å². The van der Waals surface area contributed by atoms with Crippen LogP contribution in [-0.2, 0) is 14.3 Å². The monoisotopic (exact) mass is 170 g/mol. The number of halogens is 2. The van der Waals surface area contributed by atoms with Gasteiger partial charge in [-0.25, -0.2) is 8.78 Å². The molecule has 0 fully saturated rings. The van der Waals surface area contributed by atoms with Crippen molar-refractivity contribution in [3.8, 4) is 0 Å². The van der Waals surface area contributed by atoms with Crippen LogP contribution in [0.1, 0.15) is 0 Å². The Kier molecular flexibility index (Phi) is 1.74. The Morgan fingerprint density at radius 1 is 1.70 bits per heavy atom. The van der Waals surface area contributed by atoms with E-state index in [1.54, 1.807) is 0 Å². The molecule has 1 aliphatic rings. The van der Waals surface area contributed by atoms with E-state index in [0.29, 0.717) is 0 Å². The van der Waals surface area contributed by atoms with Gasteiger partial charge in [0.15, 0.2) is 5.83 Å². The van der Waals surface area contributed by atoms with Gasteiger partial charge in [0, 0.05) is 0 Å². The Balaban J connectivity index is 3.01. The van der Waals surface area contributed by atoms with Crippen molar-refractivity contribution in [2.75, 3.05) is 6.61 Å². The molecule has 0 aromatic carbocycles. The first-order valence-electron chi connectivity index (χ1n) is 2.42. The third-order valence-corrected chi connectivity index (χ3v) is 2.18. The molecule has 1 heterocycles. The molecule has 0 bridgehead atoms. The van der Waals surface area contributed by atoms with Crippen LogP contribution in [0.15, 0.2) is 11.9 Å². The maximum absolute atomic E-state index is 12.2. The van der Waals surface area contributed by atoms with Crippen molar-refractivity contribution in [3.05, 3.63) is 11.9 Å². The number of hydrogen-bond acceptors (Lipinski definition) is 3. The van der Waals surface area contributed by atoms with Crippen LogP contribution < -0.4 is 0 Å². The fraction of sp³-hybridized carbons (Fsp3) is 0.500. The van der Waals surface area contributed by atoms with Gasteiger partial charge in [-0.2, -0.15) is 8.42 Å². The van der Waals surface area contributed by atoms with Crippen molar-refractivity contribution < 1.29 is 21.4 Å². The molecule has 1 rings (SSSR count). The number of rotatable bonds is 0. The van der Waals surface area contributed by atoms with E-state index in [1.165, 1.54) is 0 Å². The van der Waals surface area contributed by atoms with Crippen LogP contribution in [0.5, 0.6) is 0 Å². The SMILES string of the molecule is O=S1(=O)OCC=C(F)C1F. The summed E-state index contributed by atoms with van der Waals surface area (Å²) < 4.78 is 48.9. The van der Waals surface area contributed by atoms with E-state index in [-0.39, 0.29) is 0 Å². The Morgan fingerprint density at radius 2 is 2.30 bits per heavy atom. The molecule has 0 spiro atoms. The summed E-state index contributed by atoms with van der Waals surface area (Å²) in [5.41, 5.74) is -2.64. The second-order valence-electron chi connectivity index (χ2n) is 1.68. The maximum atomic E-state index is 12.2. The molecule has 0 radical (unpaired) electrons. The lowest BCUT2D eigenvalue weighted by Gasteiger charge is -2.11. The van der Waals surface area contributed by atoms with E-state index in [0.717, 1.165) is 6.08 Å². The Labute approximate surface area is 56.4 Å². The first-order chi connectivity index (χ1) is 4.54. The van der Waals surface area contributed by atoms with Gasteiger partial charge in [0.2, 0.25) is 0 Å². The molecule has 0 aromatic rings. The lowest BCUT2D eigenvalue weighted by atomic mass is 10.5. The summed E-state index contributed by atoms with van der Waals surface area (Å²) in [6.07, 6.45) is 0.742. The summed E-state index contributed by atoms with van der Waals surface area (Å²) in [6.45, 7) is -0.422. The zero-order chi connectivity index (χ0) is 7.78. The van der Waals surface area contributed by atoms with Crippen LogP contribution in [0.3, 0.4) is 0 Å². The minimum Gasteiger partial charge on any atom is -0.263 e. The fourth-order valence-corrected chi connectivity index (χ4v) is 1.25. The molecule has 0 amide bonds. The Bertz CT molecular complexity index is 256. The van der Waals surface area contributed by atoms with Crippen molar-refractivity contribution in [1.29, 1.82) is 0 Å². The summed E-state index contributed by atoms with van der Waals surface area (Å²) in [6, 6.07) is 0. The van der Waals surface area contributed by atoms with Crippen molar-refractivity contribution in [2.24, 2.45) is 0 Å². The van der Waals surface area contributed by atoms with E-state index in [1.807, 2.05) is 0 Å². The van der Waals surface area contributed by atoms with Crippen molar-refractivity contribution in [3.63, 3.8) is 0 Å². The van der Waals surface area contributed by atoms with Gasteiger partial charge in [-0.05, 0) is 6.08 Å². The molecular weight excluding hydrogens is 166 g/mol. The van der Waals surface area contributed by atoms with E-state index in [2.05, 4.69) is 4.18 Å². The molecule has 3 nitrogen and oxygen atoms in total. The molecule has 1 atom stereocenters. The normalized spacial score (nSPS) is 31.4. The lowest BCUT2D eigenvalue weighted by Crippen LogP contribution is -2.24. The number of hydrogen-bond donors (Lipinski definition) is 0. The molecule has 58 valence electrons. The Hall–Kier alpha value is -0.490. The zero-order valence-electron chi connectivity index (χ0n) is 4.75. The van der Waals surface area contributed by atoms with Crippen LogP contribution in [0, 0.1) is 0 Å². The Morgan fingerprint density at radius 3 is 2.70 bits per heavy atom. The van der Waals surface area contributed by atoms with E-state index in [9.17, 15) is 17.2 Å². The molecule has 0 aromatic heterocycles. The second kappa shape index (κ2) is 2.28. The fourth-order valence-electron chi connectivity index (χ4n) is 0.499. The van der Waals surface area contributed by atoms with Gasteiger partial charge in [-0.3, -0.25) is 4.18 Å². The topological polar surface area (TPSA) is 43.4 Å². The molecule has 10 heavy (non-hydrogen) atoms. The first kappa shape index (κ1) is 7.62. The molecule has 0 saturated heterocycles. The van der Waals surface area contributed by atoms with Gasteiger partial charge in [-0.15, -0.1) is 0 Å². The largest absolute Gasteiger partial charge is 0.307 e. The van der Waals surface area contributed by atoms with Gasteiger partial charge >= 0.3 is 10.1 Å². The third-order valence-electron chi connectivity index (χ3n) is 0.981. The average Bonchev–Trinajstić information content (AvgIpc) is 1.83. The van der Waals surface area contributed by atoms with E-state index in [4.69, 9.17) is 0 Å². The minimum atomic E-state index is -4.32. The minimum absolute atomic E-state index is 0.422. The predicted octanol–water partition coefficient (Wildman–Crippen LogP) is 0.495. The number of alkyl halides is 1. The van der Waals surface area contributed by atoms with Gasteiger partial charge in [0.05, 0.1) is 6.61 Å². The van der Waals surface area contributed by atoms with Gasteiger partial charge < -0.3 is 0 Å². The molecule has 0 N–H and O–H groups in total. The highest BCUT2D eigenvalue weighted by molar-refractivity contribution is 7.87. The van der Waals surface area contributed by atoms with Crippen molar-refractivity contribution in [1.82, 2.24) is 0 Å². The molecule has 1 aliphatic heterocycles. The van der Waals surface area contributed by atoms with Crippen molar-refractivity contribution >= 4 is 10.1 Å². The van der Waals surface area contributed by atoms with Gasteiger partial charge in [-0.1, -0.05) is 0 Å². The summed E-state index contributed by atoms with van der Waals surface area (Å²) in [4.78, 5) is 0. The molecule has 0 saturated carbocycles. The highest BCUT2D eigenvalue weighted by Crippen LogP contribution is 2.20. The quantitative estimate of drug-likeness (QED) is 0.497. The molecule has 1 unspecified atom stereocenters. The molecule has 6 heteroatoms. The summed E-state index contributed by atoms with van der Waals surface area (Å²) >= 11 is 0. The highest BCUT2D eigenvalue weighted by atomic mass is 32.2. The average molecular weight is 170 g/mol. The van der Waals surface area contributed by atoms with Gasteiger partial charge in [0.25, 0.3) is 5.50 Å². The third kappa shape index (κ3) is 1.17. The highest BCUT2D eigenvalue weighted by Gasteiger charge is 2.33. The van der Waals surface area contributed by atoms with Crippen LogP contribution in [-0.4, -0.2) is 20.5 Å². The zero-order valence-corrected chi connectivity index (χ0v) is 5.57. The summed E-state index contributed by atoms with van der Waals surface area (Å²) in [5.74, 6) is -1.30. The van der Waals surface area contributed by atoms with Gasteiger partial charge in [0.1, 0.15) is 0 Å². The maximum Gasteiger partial charge on any atom is 0.307 e. The standard InChI is InChI=1S/C4H4F2O3S/c5-3-1-2-9-10(7,8)4(3)6/h1,4H,2H2. The smallest absolute Gasteiger partial charge is 0.263 e. The molecular formula is C4H4F2O3S. The second-order valence-corrected chi connectivity index (χ2v) is 3.32. The lowest BCUT2D eigenvalue weighted by molar-refractivity contribution is 0.287. The van der Waals surface area contributed by atoms with Crippen molar-refractivity contribution in [2.45, 2.75) is 5.50 Å².